The third-order valence-corrected chi connectivity index (χ3v) is 7.27. The average Bonchev–Trinajstić information content (AvgIpc) is 3.39. The van der Waals surface area contributed by atoms with Gasteiger partial charge in [-0.1, -0.05) is 30.3 Å². The zero-order valence-electron chi connectivity index (χ0n) is 18.9. The lowest BCUT2D eigenvalue weighted by Gasteiger charge is -2.27. The molecule has 1 fully saturated rings. The number of hydrogen-bond donors (Lipinski definition) is 1. The Morgan fingerprint density at radius 3 is 2.56 bits per heavy atom. The molecule has 5 heteroatoms. The number of hydrogen-bond acceptors (Lipinski definition) is 3. The van der Waals surface area contributed by atoms with E-state index in [1.807, 2.05) is 13.8 Å². The zero-order valence-corrected chi connectivity index (χ0v) is 18.9. The second-order valence-electron chi connectivity index (χ2n) is 9.42. The molecule has 1 aliphatic carbocycles. The second kappa shape index (κ2) is 8.12. The van der Waals surface area contributed by atoms with Crippen molar-refractivity contribution in [3.63, 3.8) is 0 Å². The van der Waals surface area contributed by atoms with Crippen LogP contribution >= 0.6 is 0 Å². The highest BCUT2D eigenvalue weighted by molar-refractivity contribution is 6.00. The summed E-state index contributed by atoms with van der Waals surface area (Å²) in [5, 5.41) is 3.34. The monoisotopic (exact) mass is 431 g/mol. The van der Waals surface area contributed by atoms with Crippen molar-refractivity contribution in [3.05, 3.63) is 88.5 Å². The summed E-state index contributed by atoms with van der Waals surface area (Å²) in [5.41, 5.74) is 6.55. The first-order chi connectivity index (χ1) is 15.4. The maximum Gasteiger partial charge on any atom is 0.256 e. The second-order valence-corrected chi connectivity index (χ2v) is 9.42. The van der Waals surface area contributed by atoms with E-state index in [-0.39, 0.29) is 17.8 Å². The van der Waals surface area contributed by atoms with E-state index in [4.69, 9.17) is 0 Å². The number of carbonyl (C=O) groups is 1. The van der Waals surface area contributed by atoms with Crippen molar-refractivity contribution < 1.29 is 9.18 Å². The summed E-state index contributed by atoms with van der Waals surface area (Å²) in [7, 11) is 1.77. The van der Waals surface area contributed by atoms with Gasteiger partial charge in [0, 0.05) is 38.3 Å². The minimum Gasteiger partial charge on any atom is -0.386 e. The van der Waals surface area contributed by atoms with Gasteiger partial charge in [-0.2, -0.15) is 0 Å². The number of halogens is 1. The largest absolute Gasteiger partial charge is 0.386 e. The number of fused-ring (bicyclic) bond motifs is 2. The van der Waals surface area contributed by atoms with Gasteiger partial charge in [-0.3, -0.25) is 4.79 Å². The van der Waals surface area contributed by atoms with Crippen LogP contribution in [0.3, 0.4) is 0 Å². The minimum atomic E-state index is -0.386. The molecule has 0 aromatic heterocycles. The first kappa shape index (κ1) is 20.8. The van der Waals surface area contributed by atoms with Gasteiger partial charge in [0.05, 0.1) is 16.9 Å². The highest BCUT2D eigenvalue weighted by Gasteiger charge is 2.41. The lowest BCUT2D eigenvalue weighted by atomic mass is 9.84. The van der Waals surface area contributed by atoms with Crippen LogP contribution in [-0.4, -0.2) is 37.0 Å². The molecule has 3 aliphatic rings. The normalized spacial score (nSPS) is 19.9. The Hall–Kier alpha value is -3.08. The van der Waals surface area contributed by atoms with Crippen LogP contribution in [0, 0.1) is 17.7 Å². The van der Waals surface area contributed by atoms with Crippen LogP contribution < -0.4 is 10.2 Å². The Balaban J connectivity index is 1.51. The quantitative estimate of drug-likeness (QED) is 0.773. The van der Waals surface area contributed by atoms with Gasteiger partial charge in [0.1, 0.15) is 5.82 Å². The molecule has 166 valence electrons. The van der Waals surface area contributed by atoms with Gasteiger partial charge in [-0.25, -0.2) is 4.39 Å². The van der Waals surface area contributed by atoms with Gasteiger partial charge >= 0.3 is 0 Å². The Labute approximate surface area is 189 Å². The Kier molecular flexibility index (Phi) is 5.28. The first-order valence-electron chi connectivity index (χ1n) is 11.5. The predicted octanol–water partition coefficient (Wildman–Crippen LogP) is 4.53. The zero-order chi connectivity index (χ0) is 22.4. The molecule has 1 N–H and O–H groups in total. The van der Waals surface area contributed by atoms with E-state index in [9.17, 15) is 9.18 Å². The molecule has 5 rings (SSSR count). The van der Waals surface area contributed by atoms with Crippen molar-refractivity contribution in [2.45, 2.75) is 32.7 Å². The highest BCUT2D eigenvalue weighted by atomic mass is 19.1. The van der Waals surface area contributed by atoms with E-state index in [1.165, 1.54) is 28.8 Å². The summed E-state index contributed by atoms with van der Waals surface area (Å²) in [6.45, 7) is 5.55. The molecule has 0 saturated carbocycles. The molecule has 2 aromatic rings. The maximum absolute atomic E-state index is 14.2. The lowest BCUT2D eigenvalue weighted by molar-refractivity contribution is 0.0755. The topological polar surface area (TPSA) is 35.6 Å². The van der Waals surface area contributed by atoms with Crippen molar-refractivity contribution in [1.29, 1.82) is 0 Å². The van der Waals surface area contributed by atoms with E-state index in [0.717, 1.165) is 37.3 Å². The average molecular weight is 432 g/mol. The van der Waals surface area contributed by atoms with Crippen LogP contribution in [0.25, 0.3) is 0 Å². The molecule has 1 amide bonds. The van der Waals surface area contributed by atoms with E-state index in [2.05, 4.69) is 46.8 Å². The molecule has 2 aliphatic heterocycles. The van der Waals surface area contributed by atoms with Gasteiger partial charge in [0.15, 0.2) is 0 Å². The number of carbonyl (C=O) groups excluding carboxylic acids is 1. The summed E-state index contributed by atoms with van der Waals surface area (Å²) >= 11 is 0. The van der Waals surface area contributed by atoms with Crippen molar-refractivity contribution in [2.75, 3.05) is 25.0 Å². The number of anilines is 1. The van der Waals surface area contributed by atoms with Crippen molar-refractivity contribution in [3.8, 4) is 0 Å². The van der Waals surface area contributed by atoms with Crippen LogP contribution in [0.1, 0.15) is 35.3 Å². The number of dihydropyridines is 1. The Morgan fingerprint density at radius 2 is 1.88 bits per heavy atom. The van der Waals surface area contributed by atoms with E-state index in [1.54, 1.807) is 18.0 Å². The fourth-order valence-electron chi connectivity index (χ4n) is 5.33. The van der Waals surface area contributed by atoms with Crippen LogP contribution in [0.5, 0.6) is 0 Å². The third kappa shape index (κ3) is 3.50. The minimum absolute atomic E-state index is 0.0351. The van der Waals surface area contributed by atoms with E-state index < -0.39 is 0 Å². The van der Waals surface area contributed by atoms with Gasteiger partial charge in [0.25, 0.3) is 5.91 Å². The fraction of sp³-hybridized carbons (Fsp3) is 0.370. The third-order valence-electron chi connectivity index (χ3n) is 7.27. The summed E-state index contributed by atoms with van der Waals surface area (Å²) in [5.74, 6) is 0.374. The van der Waals surface area contributed by atoms with E-state index >= 15 is 0 Å². The molecular formula is C27H30FN3O. The first-order valence-corrected chi connectivity index (χ1v) is 11.5. The SMILES string of the molecule is CC(C)N(C)C(=O)c1cc(F)ccc1N1CC(C2Cc3ccccc3C2)C2=CCNC=C21. The summed E-state index contributed by atoms with van der Waals surface area (Å²) in [6.07, 6.45) is 6.51. The molecule has 1 saturated heterocycles. The number of amides is 1. The number of benzene rings is 2. The summed E-state index contributed by atoms with van der Waals surface area (Å²) < 4.78 is 14.2. The predicted molar refractivity (Wildman–Crippen MR) is 126 cm³/mol. The highest BCUT2D eigenvalue weighted by Crippen LogP contribution is 2.45. The van der Waals surface area contributed by atoms with E-state index in [0.29, 0.717) is 17.4 Å². The van der Waals surface area contributed by atoms with Gasteiger partial charge in [-0.05, 0) is 67.5 Å². The molecule has 1 unspecified atom stereocenters. The van der Waals surface area contributed by atoms with Gasteiger partial charge in [0.2, 0.25) is 0 Å². The summed E-state index contributed by atoms with van der Waals surface area (Å²) in [4.78, 5) is 17.1. The lowest BCUT2D eigenvalue weighted by Crippen LogP contribution is -2.34. The van der Waals surface area contributed by atoms with Crippen LogP contribution in [0.15, 0.2) is 66.0 Å². The van der Waals surface area contributed by atoms with Gasteiger partial charge < -0.3 is 15.1 Å². The molecule has 2 aromatic carbocycles. The van der Waals surface area contributed by atoms with Crippen LogP contribution in [-0.2, 0) is 12.8 Å². The molecule has 32 heavy (non-hydrogen) atoms. The summed E-state index contributed by atoms with van der Waals surface area (Å²) in [6, 6.07) is 13.4. The number of rotatable bonds is 4. The fourth-order valence-corrected chi connectivity index (χ4v) is 5.33. The van der Waals surface area contributed by atoms with Crippen LogP contribution in [0.2, 0.25) is 0 Å². The maximum atomic E-state index is 14.2. The van der Waals surface area contributed by atoms with Crippen molar-refractivity contribution in [2.24, 2.45) is 11.8 Å². The Bertz CT molecular complexity index is 1090. The van der Waals surface area contributed by atoms with Crippen molar-refractivity contribution >= 4 is 11.6 Å². The number of nitrogens with one attached hydrogen (secondary N) is 1. The van der Waals surface area contributed by atoms with Crippen LogP contribution in [0.4, 0.5) is 10.1 Å². The molecular weight excluding hydrogens is 401 g/mol. The molecule has 1 atom stereocenters. The molecule has 2 heterocycles. The molecule has 4 nitrogen and oxygen atoms in total. The molecule has 0 radical (unpaired) electrons. The molecule has 0 spiro atoms. The number of nitrogens with zero attached hydrogens (tertiary/aromatic N) is 2. The Morgan fingerprint density at radius 1 is 1.16 bits per heavy atom. The van der Waals surface area contributed by atoms with Gasteiger partial charge in [-0.15, -0.1) is 0 Å². The number of allylic oxidation sites excluding steroid dienone is 1. The molecule has 0 bridgehead atoms. The smallest absolute Gasteiger partial charge is 0.256 e. The standard InChI is InChI=1S/C27H30FN3O/c1-17(2)30(3)27(32)23-14-21(28)8-9-25(23)31-16-24(22-10-11-29-15-26(22)31)20-12-18-6-4-5-7-19(18)13-20/h4-10,14-15,17,20,24,29H,11-13,16H2,1-3H3. The van der Waals surface area contributed by atoms with Crippen molar-refractivity contribution in [1.82, 2.24) is 10.2 Å².